The second-order valence-corrected chi connectivity index (χ2v) is 7.86. The first kappa shape index (κ1) is 18.7. The average Bonchev–Trinajstić information content (AvgIpc) is 3.23. The van der Waals surface area contributed by atoms with Gasteiger partial charge in [0.1, 0.15) is 5.58 Å². The maximum absolute atomic E-state index is 12.9. The molecule has 0 radical (unpaired) electrons. The van der Waals surface area contributed by atoms with E-state index < -0.39 is 0 Å². The molecule has 2 aromatic carbocycles. The van der Waals surface area contributed by atoms with E-state index in [0.717, 1.165) is 27.1 Å². The summed E-state index contributed by atoms with van der Waals surface area (Å²) in [6.45, 7) is 2.25. The number of aryl methyl sites for hydroxylation is 1. The number of carbonyl (C=O) groups is 1. The molecule has 142 valence electrons. The van der Waals surface area contributed by atoms with Crippen LogP contribution >= 0.6 is 22.9 Å². The number of hydrogen-bond acceptors (Lipinski definition) is 5. The quantitative estimate of drug-likeness (QED) is 0.442. The number of fused-ring (bicyclic) bond motifs is 1. The molecule has 0 saturated heterocycles. The number of furan rings is 1. The molecule has 0 spiro atoms. The maximum atomic E-state index is 12.9. The molecular weight excluding hydrogens is 396 g/mol. The summed E-state index contributed by atoms with van der Waals surface area (Å²) in [5.41, 5.74) is 3.14. The number of aromatic nitrogens is 1. The smallest absolute Gasteiger partial charge is 0.293 e. The molecule has 0 fully saturated rings. The first-order valence-corrected chi connectivity index (χ1v) is 9.80. The van der Waals surface area contributed by atoms with Crippen molar-refractivity contribution in [2.24, 2.45) is 0 Å². The Labute approximate surface area is 170 Å². The van der Waals surface area contributed by atoms with Crippen molar-refractivity contribution in [1.82, 2.24) is 4.98 Å². The van der Waals surface area contributed by atoms with Gasteiger partial charge in [-0.15, -0.1) is 11.3 Å². The fraction of sp³-hybridized carbons (Fsp3) is 0.143. The van der Waals surface area contributed by atoms with Crippen LogP contribution in [-0.4, -0.2) is 18.0 Å². The third kappa shape index (κ3) is 3.54. The Bertz CT molecular complexity index is 1150. The van der Waals surface area contributed by atoms with Gasteiger partial charge >= 0.3 is 0 Å². The second-order valence-electron chi connectivity index (χ2n) is 6.22. The van der Waals surface area contributed by atoms with Crippen LogP contribution in [0.2, 0.25) is 5.02 Å². The third-order valence-electron chi connectivity index (χ3n) is 4.33. The van der Waals surface area contributed by atoms with E-state index in [1.54, 1.807) is 7.11 Å². The zero-order chi connectivity index (χ0) is 19.7. The number of nitrogens with zero attached hydrogens (tertiary/aromatic N) is 1. The van der Waals surface area contributed by atoms with Crippen LogP contribution in [0.5, 0.6) is 0 Å². The zero-order valence-electron chi connectivity index (χ0n) is 15.3. The molecule has 0 aliphatic rings. The molecule has 1 amide bonds. The molecule has 5 nitrogen and oxygen atoms in total. The van der Waals surface area contributed by atoms with Crippen LogP contribution in [0.15, 0.2) is 52.9 Å². The summed E-state index contributed by atoms with van der Waals surface area (Å²) in [6, 6.07) is 15.0. The number of anilines is 1. The third-order valence-corrected chi connectivity index (χ3v) is 5.47. The van der Waals surface area contributed by atoms with E-state index in [1.165, 1.54) is 11.3 Å². The SMILES string of the molecule is COCc1c(C(=O)Nc2nc(-c3ccc(Cl)cc3)c(C)s2)oc2ccccc12. The summed E-state index contributed by atoms with van der Waals surface area (Å²) >= 11 is 7.37. The lowest BCUT2D eigenvalue weighted by molar-refractivity contribution is 0.0992. The van der Waals surface area contributed by atoms with E-state index in [9.17, 15) is 4.79 Å². The van der Waals surface area contributed by atoms with Crippen molar-refractivity contribution in [3.8, 4) is 11.3 Å². The molecule has 28 heavy (non-hydrogen) atoms. The van der Waals surface area contributed by atoms with Crippen molar-refractivity contribution in [2.75, 3.05) is 12.4 Å². The molecule has 0 unspecified atom stereocenters. The average molecular weight is 413 g/mol. The summed E-state index contributed by atoms with van der Waals surface area (Å²) < 4.78 is 11.1. The van der Waals surface area contributed by atoms with Crippen LogP contribution in [0, 0.1) is 6.92 Å². The van der Waals surface area contributed by atoms with Crippen molar-refractivity contribution in [3.63, 3.8) is 0 Å². The Morgan fingerprint density at radius 2 is 1.96 bits per heavy atom. The molecule has 0 aliphatic carbocycles. The Balaban J connectivity index is 1.64. The lowest BCUT2D eigenvalue weighted by atomic mass is 10.1. The molecule has 0 saturated carbocycles. The Morgan fingerprint density at radius 3 is 2.71 bits per heavy atom. The number of hydrogen-bond donors (Lipinski definition) is 1. The molecule has 0 atom stereocenters. The van der Waals surface area contributed by atoms with Gasteiger partial charge in [-0.2, -0.15) is 0 Å². The standard InChI is InChI=1S/C21H17ClN2O3S/c1-12-18(13-7-9-14(22)10-8-13)23-21(28-12)24-20(25)19-16(11-26-2)15-5-3-4-6-17(15)27-19/h3-10H,11H2,1-2H3,(H,23,24,25). The van der Waals surface area contributed by atoms with Crippen molar-refractivity contribution in [1.29, 1.82) is 0 Å². The van der Waals surface area contributed by atoms with E-state index in [1.807, 2.05) is 55.5 Å². The molecule has 1 N–H and O–H groups in total. The normalized spacial score (nSPS) is 11.1. The van der Waals surface area contributed by atoms with Gasteiger partial charge in [0.05, 0.1) is 12.3 Å². The van der Waals surface area contributed by atoms with Gasteiger partial charge in [-0.25, -0.2) is 4.98 Å². The summed E-state index contributed by atoms with van der Waals surface area (Å²) in [5, 5.41) is 4.90. The molecule has 2 aromatic heterocycles. The number of halogens is 1. The lowest BCUT2D eigenvalue weighted by Crippen LogP contribution is -2.13. The first-order valence-electron chi connectivity index (χ1n) is 8.61. The van der Waals surface area contributed by atoms with Gasteiger partial charge in [0.15, 0.2) is 10.9 Å². The number of methoxy groups -OCH3 is 1. The molecule has 0 bridgehead atoms. The number of para-hydroxylation sites is 1. The molecular formula is C21H17ClN2O3S. The van der Waals surface area contributed by atoms with E-state index in [-0.39, 0.29) is 18.3 Å². The molecule has 4 rings (SSSR count). The summed E-state index contributed by atoms with van der Waals surface area (Å²) in [5.74, 6) is -0.108. The van der Waals surface area contributed by atoms with Crippen LogP contribution in [0.3, 0.4) is 0 Å². The molecule has 7 heteroatoms. The fourth-order valence-corrected chi connectivity index (χ4v) is 4.01. The van der Waals surface area contributed by atoms with Gasteiger partial charge in [0.25, 0.3) is 5.91 Å². The summed E-state index contributed by atoms with van der Waals surface area (Å²) in [4.78, 5) is 18.4. The minimum absolute atomic E-state index is 0.240. The van der Waals surface area contributed by atoms with Gasteiger partial charge in [-0.3, -0.25) is 10.1 Å². The Kier molecular flexibility index (Phi) is 5.17. The van der Waals surface area contributed by atoms with Gasteiger partial charge < -0.3 is 9.15 Å². The fourth-order valence-electron chi connectivity index (χ4n) is 3.05. The van der Waals surface area contributed by atoms with Gasteiger partial charge in [-0.1, -0.05) is 41.9 Å². The molecule has 2 heterocycles. The monoisotopic (exact) mass is 412 g/mol. The number of thiazole rings is 1. The predicted octanol–water partition coefficient (Wildman–Crippen LogP) is 5.92. The number of benzene rings is 2. The van der Waals surface area contributed by atoms with Crippen LogP contribution in [-0.2, 0) is 11.3 Å². The topological polar surface area (TPSA) is 64.4 Å². The van der Waals surface area contributed by atoms with Gasteiger partial charge in [0, 0.05) is 33.5 Å². The maximum Gasteiger partial charge on any atom is 0.293 e. The highest BCUT2D eigenvalue weighted by Gasteiger charge is 2.22. The van der Waals surface area contributed by atoms with Crippen molar-refractivity contribution < 1.29 is 13.9 Å². The molecule has 0 aliphatic heterocycles. The highest BCUT2D eigenvalue weighted by molar-refractivity contribution is 7.16. The summed E-state index contributed by atoms with van der Waals surface area (Å²) in [7, 11) is 1.59. The lowest BCUT2D eigenvalue weighted by Gasteiger charge is -2.02. The van der Waals surface area contributed by atoms with Crippen molar-refractivity contribution in [3.05, 3.63) is 69.8 Å². The number of ether oxygens (including phenoxy) is 1. The van der Waals surface area contributed by atoms with Gasteiger partial charge in [0.2, 0.25) is 0 Å². The summed E-state index contributed by atoms with van der Waals surface area (Å²) in [6.07, 6.45) is 0. The van der Waals surface area contributed by atoms with Crippen molar-refractivity contribution >= 4 is 44.9 Å². The minimum Gasteiger partial charge on any atom is -0.451 e. The number of carbonyl (C=O) groups excluding carboxylic acids is 1. The number of amides is 1. The highest BCUT2D eigenvalue weighted by Crippen LogP contribution is 2.32. The van der Waals surface area contributed by atoms with E-state index in [4.69, 9.17) is 20.8 Å². The highest BCUT2D eigenvalue weighted by atomic mass is 35.5. The zero-order valence-corrected chi connectivity index (χ0v) is 16.9. The van der Waals surface area contributed by atoms with Crippen molar-refractivity contribution in [2.45, 2.75) is 13.5 Å². The Hall–Kier alpha value is -2.67. The first-order chi connectivity index (χ1) is 13.6. The van der Waals surface area contributed by atoms with Gasteiger partial charge in [-0.05, 0) is 25.1 Å². The number of rotatable bonds is 5. The van der Waals surface area contributed by atoms with Crippen LogP contribution < -0.4 is 5.32 Å². The predicted molar refractivity (Wildman–Crippen MR) is 112 cm³/mol. The largest absolute Gasteiger partial charge is 0.451 e. The second kappa shape index (κ2) is 7.75. The van der Waals surface area contributed by atoms with E-state index >= 15 is 0 Å². The van der Waals surface area contributed by atoms with E-state index in [0.29, 0.717) is 15.7 Å². The molecule has 4 aromatic rings. The van der Waals surface area contributed by atoms with Crippen LogP contribution in [0.25, 0.3) is 22.2 Å². The van der Waals surface area contributed by atoms with Crippen LogP contribution in [0.4, 0.5) is 5.13 Å². The van der Waals surface area contributed by atoms with Crippen LogP contribution in [0.1, 0.15) is 21.0 Å². The Morgan fingerprint density at radius 1 is 1.21 bits per heavy atom. The number of nitrogens with one attached hydrogen (secondary N) is 1. The van der Waals surface area contributed by atoms with E-state index in [2.05, 4.69) is 10.3 Å². The minimum atomic E-state index is -0.348.